The molecule has 26 heavy (non-hydrogen) atoms. The highest BCUT2D eigenvalue weighted by atomic mass is 32.1. The Morgan fingerprint density at radius 2 is 1.73 bits per heavy atom. The Morgan fingerprint density at radius 3 is 2.42 bits per heavy atom. The van der Waals surface area contributed by atoms with Crippen molar-refractivity contribution in [3.05, 3.63) is 46.2 Å². The van der Waals surface area contributed by atoms with E-state index < -0.39 is 6.10 Å². The van der Waals surface area contributed by atoms with E-state index in [1.807, 2.05) is 41.5 Å². The summed E-state index contributed by atoms with van der Waals surface area (Å²) in [5.74, 6) is 1.23. The molecule has 1 aromatic carbocycles. The summed E-state index contributed by atoms with van der Waals surface area (Å²) >= 11 is 1.47. The highest BCUT2D eigenvalue weighted by Gasteiger charge is 2.33. The first-order chi connectivity index (χ1) is 12.6. The van der Waals surface area contributed by atoms with Crippen molar-refractivity contribution in [2.24, 2.45) is 0 Å². The maximum atomic E-state index is 12.7. The Hall–Kier alpha value is -2.54. The summed E-state index contributed by atoms with van der Waals surface area (Å²) in [6, 6.07) is 9.31. The first kappa shape index (κ1) is 16.9. The zero-order chi connectivity index (χ0) is 18.1. The number of hydrogen-bond donors (Lipinski definition) is 0. The molecule has 0 saturated carbocycles. The number of para-hydroxylation sites is 2. The molecule has 0 aliphatic carbocycles. The van der Waals surface area contributed by atoms with Gasteiger partial charge in [-0.1, -0.05) is 12.1 Å². The number of benzene rings is 1. The molecule has 0 N–H and O–H groups in total. The number of rotatable bonds is 2. The molecule has 2 aliphatic rings. The van der Waals surface area contributed by atoms with Crippen molar-refractivity contribution < 1.29 is 19.1 Å². The number of piperazine rings is 1. The molecule has 7 heteroatoms. The average Bonchev–Trinajstić information content (AvgIpc) is 3.12. The summed E-state index contributed by atoms with van der Waals surface area (Å²) in [5, 5.41) is 1.93. The van der Waals surface area contributed by atoms with Crippen molar-refractivity contribution in [3.63, 3.8) is 0 Å². The fourth-order valence-electron chi connectivity index (χ4n) is 3.21. The van der Waals surface area contributed by atoms with Gasteiger partial charge in [0.15, 0.2) is 11.5 Å². The summed E-state index contributed by atoms with van der Waals surface area (Å²) in [6.07, 6.45) is -0.633. The lowest BCUT2D eigenvalue weighted by Gasteiger charge is -2.37. The number of nitrogens with zero attached hydrogens (tertiary/aromatic N) is 2. The number of ether oxygens (including phenoxy) is 2. The van der Waals surface area contributed by atoms with Crippen molar-refractivity contribution >= 4 is 23.2 Å². The van der Waals surface area contributed by atoms with Crippen molar-refractivity contribution in [2.45, 2.75) is 13.0 Å². The van der Waals surface area contributed by atoms with Crippen LogP contribution in [0.1, 0.15) is 15.2 Å². The number of aryl methyl sites for hydroxylation is 1. The maximum Gasteiger partial charge on any atom is 0.267 e. The molecule has 6 nitrogen and oxygen atoms in total. The van der Waals surface area contributed by atoms with Gasteiger partial charge < -0.3 is 19.3 Å². The molecular formula is C19H20N2O4S. The normalized spacial score (nSPS) is 19.3. The third-order valence-electron chi connectivity index (χ3n) is 4.72. The quantitative estimate of drug-likeness (QED) is 0.811. The van der Waals surface area contributed by atoms with Crippen LogP contribution in [0.15, 0.2) is 35.7 Å². The van der Waals surface area contributed by atoms with Crippen LogP contribution in [0.2, 0.25) is 0 Å². The van der Waals surface area contributed by atoms with Crippen molar-refractivity contribution in [1.82, 2.24) is 9.80 Å². The monoisotopic (exact) mass is 372 g/mol. The number of thiophene rings is 1. The van der Waals surface area contributed by atoms with Crippen LogP contribution < -0.4 is 9.47 Å². The number of carbonyl (C=O) groups excluding carboxylic acids is 2. The standard InChI is InChI=1S/C19H20N2O4S/c1-13-6-11-26-17(13)19(23)21-9-7-20(8-10-21)18(22)16-12-24-14-4-2-3-5-15(14)25-16/h2-6,11,16H,7-10,12H2,1H3/t16-/m0/s1. The van der Waals surface area contributed by atoms with Gasteiger partial charge in [-0.2, -0.15) is 0 Å². The van der Waals surface area contributed by atoms with Crippen molar-refractivity contribution in [3.8, 4) is 11.5 Å². The Balaban J connectivity index is 1.36. The van der Waals surface area contributed by atoms with Crippen LogP contribution >= 0.6 is 11.3 Å². The van der Waals surface area contributed by atoms with Gasteiger partial charge in [0, 0.05) is 26.2 Å². The largest absolute Gasteiger partial charge is 0.485 e. The van der Waals surface area contributed by atoms with Crippen LogP contribution in [0.3, 0.4) is 0 Å². The molecule has 1 atom stereocenters. The second-order valence-corrected chi connectivity index (χ2v) is 7.33. The Kier molecular flexibility index (Phi) is 4.55. The predicted octanol–water partition coefficient (Wildman–Crippen LogP) is 2.18. The topological polar surface area (TPSA) is 59.1 Å². The molecule has 1 aromatic heterocycles. The van der Waals surface area contributed by atoms with Crippen LogP contribution in [0, 0.1) is 6.92 Å². The van der Waals surface area contributed by atoms with Gasteiger partial charge in [-0.25, -0.2) is 0 Å². The minimum atomic E-state index is -0.633. The maximum absolute atomic E-state index is 12.7. The van der Waals surface area contributed by atoms with Gasteiger partial charge in [-0.05, 0) is 36.1 Å². The number of fused-ring (bicyclic) bond motifs is 1. The number of carbonyl (C=O) groups is 2. The van der Waals surface area contributed by atoms with Crippen LogP contribution in [0.4, 0.5) is 0 Å². The molecule has 1 fully saturated rings. The first-order valence-corrected chi connectivity index (χ1v) is 9.52. The summed E-state index contributed by atoms with van der Waals surface area (Å²) < 4.78 is 11.4. The fourth-order valence-corrected chi connectivity index (χ4v) is 4.10. The van der Waals surface area contributed by atoms with Crippen LogP contribution in [0.25, 0.3) is 0 Å². The summed E-state index contributed by atoms with van der Waals surface area (Å²) in [6.45, 7) is 4.25. The number of amides is 2. The van der Waals surface area contributed by atoms with Gasteiger partial charge in [-0.15, -0.1) is 11.3 Å². The van der Waals surface area contributed by atoms with Gasteiger partial charge in [0.25, 0.3) is 11.8 Å². The lowest BCUT2D eigenvalue weighted by Crippen LogP contribution is -2.55. The highest BCUT2D eigenvalue weighted by Crippen LogP contribution is 2.31. The van der Waals surface area contributed by atoms with E-state index in [-0.39, 0.29) is 18.4 Å². The van der Waals surface area contributed by atoms with E-state index in [4.69, 9.17) is 9.47 Å². The van der Waals surface area contributed by atoms with Gasteiger partial charge in [0.05, 0.1) is 4.88 Å². The minimum Gasteiger partial charge on any atom is -0.485 e. The molecule has 3 heterocycles. The third kappa shape index (κ3) is 3.14. The Morgan fingerprint density at radius 1 is 1.04 bits per heavy atom. The molecule has 1 saturated heterocycles. The zero-order valence-corrected chi connectivity index (χ0v) is 15.3. The Bertz CT molecular complexity index is 826. The molecule has 2 amide bonds. The molecule has 0 unspecified atom stereocenters. The molecule has 136 valence electrons. The van der Waals surface area contributed by atoms with Gasteiger partial charge in [0.2, 0.25) is 6.10 Å². The number of hydrogen-bond acceptors (Lipinski definition) is 5. The average molecular weight is 372 g/mol. The predicted molar refractivity (Wildman–Crippen MR) is 97.9 cm³/mol. The van der Waals surface area contributed by atoms with E-state index in [9.17, 15) is 9.59 Å². The van der Waals surface area contributed by atoms with E-state index >= 15 is 0 Å². The van der Waals surface area contributed by atoms with Crippen molar-refractivity contribution in [1.29, 1.82) is 0 Å². The van der Waals surface area contributed by atoms with Gasteiger partial charge in [-0.3, -0.25) is 9.59 Å². The van der Waals surface area contributed by atoms with Crippen molar-refractivity contribution in [2.75, 3.05) is 32.8 Å². The lowest BCUT2D eigenvalue weighted by molar-refractivity contribution is -0.142. The summed E-state index contributed by atoms with van der Waals surface area (Å²) in [4.78, 5) is 29.7. The Labute approximate surface area is 155 Å². The second kappa shape index (κ2) is 6.99. The van der Waals surface area contributed by atoms with E-state index in [2.05, 4.69) is 0 Å². The third-order valence-corrected chi connectivity index (χ3v) is 5.72. The first-order valence-electron chi connectivity index (χ1n) is 8.64. The van der Waals surface area contributed by atoms with Gasteiger partial charge >= 0.3 is 0 Å². The van der Waals surface area contributed by atoms with Gasteiger partial charge in [0.1, 0.15) is 6.61 Å². The zero-order valence-electron chi connectivity index (χ0n) is 14.5. The van der Waals surface area contributed by atoms with Crippen LogP contribution in [-0.4, -0.2) is 60.5 Å². The molecule has 2 aromatic rings. The molecule has 0 spiro atoms. The molecule has 4 rings (SSSR count). The molecular weight excluding hydrogens is 352 g/mol. The van der Waals surface area contributed by atoms with E-state index in [0.29, 0.717) is 37.7 Å². The molecule has 0 bridgehead atoms. The summed E-state index contributed by atoms with van der Waals surface area (Å²) in [7, 11) is 0. The fraction of sp³-hybridized carbons (Fsp3) is 0.368. The molecule has 0 radical (unpaired) electrons. The van der Waals surface area contributed by atoms with E-state index in [0.717, 1.165) is 10.4 Å². The SMILES string of the molecule is Cc1ccsc1C(=O)N1CCN(C(=O)[C@@H]2COc3ccccc3O2)CC1. The van der Waals surface area contributed by atoms with Crippen LogP contribution in [0.5, 0.6) is 11.5 Å². The lowest BCUT2D eigenvalue weighted by atomic mass is 10.2. The van der Waals surface area contributed by atoms with Crippen LogP contribution in [-0.2, 0) is 4.79 Å². The summed E-state index contributed by atoms with van der Waals surface area (Å²) in [5.41, 5.74) is 1.00. The smallest absolute Gasteiger partial charge is 0.267 e. The highest BCUT2D eigenvalue weighted by molar-refractivity contribution is 7.12. The molecule has 2 aliphatic heterocycles. The second-order valence-electron chi connectivity index (χ2n) is 6.41. The minimum absolute atomic E-state index is 0.0516. The van der Waals surface area contributed by atoms with E-state index in [1.165, 1.54) is 11.3 Å². The van der Waals surface area contributed by atoms with E-state index in [1.54, 1.807) is 11.0 Å².